The Morgan fingerprint density at radius 3 is 1.73 bits per heavy atom. The lowest BCUT2D eigenvalue weighted by molar-refractivity contribution is -0.135. The number of carbonyl (C=O) groups excluding carboxylic acids is 4. The number of benzene rings is 5. The molecule has 0 saturated carbocycles. The van der Waals surface area contributed by atoms with E-state index in [1.54, 1.807) is 6.92 Å². The van der Waals surface area contributed by atoms with E-state index in [4.69, 9.17) is 5.73 Å². The van der Waals surface area contributed by atoms with Crippen LogP contribution in [0.2, 0.25) is 0 Å². The van der Waals surface area contributed by atoms with Gasteiger partial charge in [-0.2, -0.15) is 0 Å². The average molecular weight is 684 g/mol. The number of nitrogens with one attached hydrogen (secondary N) is 4. The minimum Gasteiger partial charge on any atom is -0.368 e. The van der Waals surface area contributed by atoms with Gasteiger partial charge in [0.05, 0.1) is 0 Å². The molecule has 0 aromatic heterocycles. The van der Waals surface area contributed by atoms with Crippen LogP contribution in [-0.2, 0) is 38.4 Å². The van der Waals surface area contributed by atoms with Gasteiger partial charge >= 0.3 is 0 Å². The van der Waals surface area contributed by atoms with Crippen LogP contribution in [0.25, 0.3) is 21.5 Å². The summed E-state index contributed by atoms with van der Waals surface area (Å²) in [5.41, 5.74) is 6.98. The van der Waals surface area contributed by atoms with Crippen LogP contribution in [0, 0.1) is 5.92 Å². The third-order valence-corrected chi connectivity index (χ3v) is 9.83. The Labute approximate surface area is 298 Å². The minimum absolute atomic E-state index is 0.146. The molecule has 9 nitrogen and oxygen atoms in total. The highest BCUT2D eigenvalue weighted by atomic mass is 16.2. The second-order valence-electron chi connectivity index (χ2n) is 13.8. The molecule has 0 radical (unpaired) electrons. The highest BCUT2D eigenvalue weighted by Crippen LogP contribution is 2.20. The number of fused-ring (bicyclic) bond motifs is 2. The van der Waals surface area contributed by atoms with Crippen molar-refractivity contribution in [2.24, 2.45) is 11.7 Å². The molecular formula is C42H45N5O4. The number of carbonyl (C=O) groups is 4. The van der Waals surface area contributed by atoms with Gasteiger partial charge in [-0.1, -0.05) is 115 Å². The standard InChI is InChI=1S/C42H45N5O4/c1-42(41(43)51,27-28-9-3-2-4-10-28)47-40(50)37(26-30-16-18-32-12-6-8-14-35(32)24-30)46-39(49)36(45-38(48)33-19-21-44-22-20-33)25-29-15-17-31-11-5-7-13-34(31)23-29/h2-18,23-24,33,36-37,44H,19-22,25-27H2,1H3,(H2,43,51)(H,45,48)(H,46,49)(H,47,50)/t36-,37-,42+/m1/s1. The second-order valence-corrected chi connectivity index (χ2v) is 13.8. The lowest BCUT2D eigenvalue weighted by atomic mass is 9.91. The van der Waals surface area contributed by atoms with Crippen molar-refractivity contribution in [2.75, 3.05) is 13.1 Å². The number of amides is 4. The number of primary amides is 1. The van der Waals surface area contributed by atoms with E-state index >= 15 is 0 Å². The zero-order valence-electron chi connectivity index (χ0n) is 28.9. The fourth-order valence-electron chi connectivity index (χ4n) is 6.82. The molecular weight excluding hydrogens is 638 g/mol. The maximum Gasteiger partial charge on any atom is 0.243 e. The summed E-state index contributed by atoms with van der Waals surface area (Å²) in [5.74, 6) is -2.14. The molecule has 1 fully saturated rings. The van der Waals surface area contributed by atoms with Gasteiger partial charge in [0.15, 0.2) is 0 Å². The van der Waals surface area contributed by atoms with Gasteiger partial charge in [0.2, 0.25) is 23.6 Å². The lowest BCUT2D eigenvalue weighted by Crippen LogP contribution is -2.62. The van der Waals surface area contributed by atoms with Crippen LogP contribution < -0.4 is 27.0 Å². The Morgan fingerprint density at radius 2 is 1.18 bits per heavy atom. The maximum atomic E-state index is 14.3. The van der Waals surface area contributed by atoms with Crippen molar-refractivity contribution >= 4 is 45.2 Å². The van der Waals surface area contributed by atoms with E-state index in [9.17, 15) is 19.2 Å². The molecule has 6 rings (SSSR count). The monoisotopic (exact) mass is 683 g/mol. The van der Waals surface area contributed by atoms with Gasteiger partial charge in [-0.3, -0.25) is 19.2 Å². The first-order chi connectivity index (χ1) is 24.7. The molecule has 1 saturated heterocycles. The first-order valence-electron chi connectivity index (χ1n) is 17.6. The van der Waals surface area contributed by atoms with E-state index in [2.05, 4.69) is 21.3 Å². The second kappa shape index (κ2) is 16.0. The third kappa shape index (κ3) is 8.98. The van der Waals surface area contributed by atoms with Crippen LogP contribution in [0.15, 0.2) is 115 Å². The molecule has 9 heteroatoms. The average Bonchev–Trinajstić information content (AvgIpc) is 3.14. The topological polar surface area (TPSA) is 142 Å². The summed E-state index contributed by atoms with van der Waals surface area (Å²) in [6, 6.07) is 35.0. The van der Waals surface area contributed by atoms with Gasteiger partial charge in [0.25, 0.3) is 0 Å². The summed E-state index contributed by atoms with van der Waals surface area (Å²) in [6.45, 7) is 3.06. The largest absolute Gasteiger partial charge is 0.368 e. The van der Waals surface area contributed by atoms with Gasteiger partial charge in [-0.15, -0.1) is 0 Å². The maximum absolute atomic E-state index is 14.3. The molecule has 1 heterocycles. The van der Waals surface area contributed by atoms with Crippen molar-refractivity contribution in [3.8, 4) is 0 Å². The van der Waals surface area contributed by atoms with Crippen LogP contribution >= 0.6 is 0 Å². The zero-order valence-corrected chi connectivity index (χ0v) is 28.9. The summed E-state index contributed by atoms with van der Waals surface area (Å²) in [5, 5.41) is 16.3. The van der Waals surface area contributed by atoms with Crippen LogP contribution in [0.5, 0.6) is 0 Å². The van der Waals surface area contributed by atoms with E-state index < -0.39 is 35.3 Å². The highest BCUT2D eigenvalue weighted by molar-refractivity contribution is 5.96. The smallest absolute Gasteiger partial charge is 0.243 e. The van der Waals surface area contributed by atoms with Crippen molar-refractivity contribution in [1.29, 1.82) is 0 Å². The summed E-state index contributed by atoms with van der Waals surface area (Å²) >= 11 is 0. The first-order valence-corrected chi connectivity index (χ1v) is 17.6. The van der Waals surface area contributed by atoms with Crippen LogP contribution in [0.1, 0.15) is 36.5 Å². The molecule has 0 spiro atoms. The number of hydrogen-bond acceptors (Lipinski definition) is 5. The van der Waals surface area contributed by atoms with Crippen molar-refractivity contribution in [3.05, 3.63) is 132 Å². The van der Waals surface area contributed by atoms with Crippen molar-refractivity contribution < 1.29 is 19.2 Å². The van der Waals surface area contributed by atoms with Crippen LogP contribution in [0.3, 0.4) is 0 Å². The van der Waals surface area contributed by atoms with E-state index in [-0.39, 0.29) is 31.1 Å². The molecule has 1 aliphatic rings. The molecule has 4 amide bonds. The molecule has 262 valence electrons. The predicted octanol–water partition coefficient (Wildman–Crippen LogP) is 4.35. The van der Waals surface area contributed by atoms with Gasteiger partial charge in [-0.25, -0.2) is 0 Å². The van der Waals surface area contributed by atoms with Crippen LogP contribution in [-0.4, -0.2) is 54.3 Å². The fourth-order valence-corrected chi connectivity index (χ4v) is 6.82. The summed E-state index contributed by atoms with van der Waals surface area (Å²) in [7, 11) is 0. The van der Waals surface area contributed by atoms with Crippen LogP contribution in [0.4, 0.5) is 0 Å². The Morgan fingerprint density at radius 1 is 0.667 bits per heavy atom. The molecule has 0 aliphatic carbocycles. The molecule has 51 heavy (non-hydrogen) atoms. The third-order valence-electron chi connectivity index (χ3n) is 9.83. The van der Waals surface area contributed by atoms with Gasteiger partial charge in [0.1, 0.15) is 17.6 Å². The molecule has 0 unspecified atom stereocenters. The molecule has 3 atom stereocenters. The molecule has 1 aliphatic heterocycles. The quantitative estimate of drug-likeness (QED) is 0.126. The van der Waals surface area contributed by atoms with Crippen molar-refractivity contribution in [2.45, 2.75) is 56.7 Å². The van der Waals surface area contributed by atoms with Gasteiger partial charge < -0.3 is 27.0 Å². The fraction of sp³-hybridized carbons (Fsp3) is 0.286. The SMILES string of the molecule is C[C@@](Cc1ccccc1)(NC(=O)[C@@H](Cc1ccc2ccccc2c1)NC(=O)[C@@H](Cc1ccc2ccccc2c1)NC(=O)C1CCNCC1)C(N)=O. The first kappa shape index (κ1) is 35.3. The number of piperidine rings is 1. The van der Waals surface area contributed by atoms with E-state index in [1.165, 1.54) is 0 Å². The summed E-state index contributed by atoms with van der Waals surface area (Å²) in [4.78, 5) is 54.9. The number of hydrogen-bond donors (Lipinski definition) is 5. The zero-order chi connectivity index (χ0) is 35.8. The Kier molecular flexibility index (Phi) is 11.1. The number of rotatable bonds is 13. The molecule has 0 bridgehead atoms. The normalized spacial score (nSPS) is 15.7. The minimum atomic E-state index is -1.43. The number of nitrogens with two attached hydrogens (primary N) is 1. The molecule has 6 N–H and O–H groups in total. The molecule has 5 aromatic rings. The van der Waals surface area contributed by atoms with E-state index in [0.29, 0.717) is 12.8 Å². The van der Waals surface area contributed by atoms with E-state index in [1.807, 2.05) is 115 Å². The Balaban J connectivity index is 1.29. The van der Waals surface area contributed by atoms with Gasteiger partial charge in [0, 0.05) is 25.2 Å². The Hall–Kier alpha value is -5.54. The summed E-state index contributed by atoms with van der Waals surface area (Å²) < 4.78 is 0. The van der Waals surface area contributed by atoms with Crippen molar-refractivity contribution in [3.63, 3.8) is 0 Å². The highest BCUT2D eigenvalue weighted by Gasteiger charge is 2.37. The van der Waals surface area contributed by atoms with Gasteiger partial charge in [-0.05, 0) is 71.1 Å². The lowest BCUT2D eigenvalue weighted by Gasteiger charge is -2.31. The molecule has 5 aromatic carbocycles. The summed E-state index contributed by atoms with van der Waals surface area (Å²) in [6.07, 6.45) is 1.90. The van der Waals surface area contributed by atoms with E-state index in [0.717, 1.165) is 51.3 Å². The Bertz CT molecular complexity index is 2030. The predicted molar refractivity (Wildman–Crippen MR) is 201 cm³/mol. The van der Waals surface area contributed by atoms with Crippen molar-refractivity contribution in [1.82, 2.24) is 21.3 Å².